The molecule has 0 aliphatic rings. The van der Waals surface area contributed by atoms with E-state index in [0.29, 0.717) is 13.0 Å². The van der Waals surface area contributed by atoms with E-state index in [1.54, 1.807) is 6.92 Å². The number of carbonyl (C=O) groups excluding carboxylic acids is 1. The summed E-state index contributed by atoms with van der Waals surface area (Å²) in [6.07, 6.45) is -4.38. The highest BCUT2D eigenvalue weighted by atomic mass is 19.4. The third kappa shape index (κ3) is 5.75. The van der Waals surface area contributed by atoms with Gasteiger partial charge in [-0.2, -0.15) is 13.2 Å². The predicted octanol–water partition coefficient (Wildman–Crippen LogP) is 3.23. The lowest BCUT2D eigenvalue weighted by Gasteiger charge is -2.26. The van der Waals surface area contributed by atoms with Gasteiger partial charge in [0.25, 0.3) is 5.91 Å². The molecule has 2 N–H and O–H groups in total. The zero-order valence-electron chi connectivity index (χ0n) is 12.3. The average Bonchev–Trinajstić information content (AvgIpc) is 2.33. The molecule has 0 saturated heterocycles. The van der Waals surface area contributed by atoms with Gasteiger partial charge in [0.15, 0.2) is 0 Å². The van der Waals surface area contributed by atoms with Crippen molar-refractivity contribution in [1.82, 2.24) is 5.32 Å². The first-order valence-corrected chi connectivity index (χ1v) is 6.65. The van der Waals surface area contributed by atoms with Crippen molar-refractivity contribution < 1.29 is 23.1 Å². The van der Waals surface area contributed by atoms with E-state index in [4.69, 9.17) is 0 Å². The molecule has 1 atom stereocenters. The number of alkyl halides is 3. The fraction of sp³-hybridized carbons (Fsp3) is 0.533. The Balaban J connectivity index is 2.64. The van der Waals surface area contributed by atoms with E-state index in [0.717, 1.165) is 24.3 Å². The second-order valence-electron chi connectivity index (χ2n) is 5.98. The molecule has 1 amide bonds. The lowest BCUT2D eigenvalue weighted by molar-refractivity contribution is -0.137. The Morgan fingerprint density at radius 3 is 2.19 bits per heavy atom. The van der Waals surface area contributed by atoms with E-state index in [2.05, 4.69) is 5.32 Å². The zero-order chi connectivity index (χ0) is 16.3. The van der Waals surface area contributed by atoms with E-state index < -0.39 is 23.8 Å². The highest BCUT2D eigenvalue weighted by Gasteiger charge is 2.30. The van der Waals surface area contributed by atoms with Crippen molar-refractivity contribution in [3.63, 3.8) is 0 Å². The Morgan fingerprint density at radius 2 is 1.76 bits per heavy atom. The molecule has 118 valence electrons. The van der Waals surface area contributed by atoms with E-state index in [1.807, 2.05) is 13.8 Å². The Labute approximate surface area is 122 Å². The van der Waals surface area contributed by atoms with Crippen LogP contribution in [0.2, 0.25) is 0 Å². The second-order valence-corrected chi connectivity index (χ2v) is 5.98. The molecular formula is C15H20F3NO2. The maximum atomic E-state index is 12.4. The van der Waals surface area contributed by atoms with E-state index in [1.165, 1.54) is 0 Å². The third-order valence-corrected chi connectivity index (χ3v) is 3.05. The predicted molar refractivity (Wildman–Crippen MR) is 73.9 cm³/mol. The minimum atomic E-state index is -4.41. The van der Waals surface area contributed by atoms with Crippen LogP contribution in [0.3, 0.4) is 0 Å². The summed E-state index contributed by atoms with van der Waals surface area (Å²) >= 11 is 0. The molecule has 1 unspecified atom stereocenters. The molecule has 0 saturated carbocycles. The fourth-order valence-electron chi connectivity index (χ4n) is 2.10. The van der Waals surface area contributed by atoms with Crippen LogP contribution in [0.15, 0.2) is 24.3 Å². The van der Waals surface area contributed by atoms with Crippen LogP contribution in [-0.2, 0) is 6.18 Å². The summed E-state index contributed by atoms with van der Waals surface area (Å²) in [7, 11) is 0. The van der Waals surface area contributed by atoms with E-state index >= 15 is 0 Å². The quantitative estimate of drug-likeness (QED) is 0.877. The highest BCUT2D eigenvalue weighted by molar-refractivity contribution is 5.94. The molecule has 0 fully saturated rings. The highest BCUT2D eigenvalue weighted by Crippen LogP contribution is 2.29. The molecule has 0 radical (unpaired) electrons. The minimum absolute atomic E-state index is 0.177. The molecule has 21 heavy (non-hydrogen) atoms. The van der Waals surface area contributed by atoms with Gasteiger partial charge >= 0.3 is 6.18 Å². The van der Waals surface area contributed by atoms with E-state index in [-0.39, 0.29) is 11.0 Å². The number of halogens is 3. The number of nitrogens with one attached hydrogen (secondary N) is 1. The summed E-state index contributed by atoms with van der Waals surface area (Å²) in [6.45, 7) is 5.79. The summed E-state index contributed by atoms with van der Waals surface area (Å²) in [4.78, 5) is 11.9. The molecule has 0 aliphatic heterocycles. The van der Waals surface area contributed by atoms with Crippen LogP contribution in [0.4, 0.5) is 13.2 Å². The van der Waals surface area contributed by atoms with Crippen molar-refractivity contribution in [3.8, 4) is 0 Å². The fourth-order valence-corrected chi connectivity index (χ4v) is 2.10. The third-order valence-electron chi connectivity index (χ3n) is 3.05. The van der Waals surface area contributed by atoms with Gasteiger partial charge in [0, 0.05) is 12.1 Å². The van der Waals surface area contributed by atoms with Crippen LogP contribution in [0.25, 0.3) is 0 Å². The molecule has 0 aliphatic carbocycles. The number of carbonyl (C=O) groups is 1. The number of benzene rings is 1. The van der Waals surface area contributed by atoms with Crippen molar-refractivity contribution in [2.24, 2.45) is 5.41 Å². The van der Waals surface area contributed by atoms with Crippen LogP contribution < -0.4 is 5.32 Å². The van der Waals surface area contributed by atoms with Gasteiger partial charge in [0.05, 0.1) is 11.7 Å². The maximum Gasteiger partial charge on any atom is 0.416 e. The zero-order valence-corrected chi connectivity index (χ0v) is 12.3. The number of hydrogen-bond donors (Lipinski definition) is 2. The Bertz CT molecular complexity index is 479. The van der Waals surface area contributed by atoms with Gasteiger partial charge in [0.2, 0.25) is 0 Å². The normalized spacial score (nSPS) is 13.9. The van der Waals surface area contributed by atoms with Crippen LogP contribution in [0.5, 0.6) is 0 Å². The SMILES string of the molecule is CC(O)CC(C)(C)CNC(=O)c1ccc(C(F)(F)F)cc1. The molecular weight excluding hydrogens is 283 g/mol. The van der Waals surface area contributed by atoms with Gasteiger partial charge in [-0.25, -0.2) is 0 Å². The summed E-state index contributed by atoms with van der Waals surface area (Å²) in [5.41, 5.74) is -0.903. The minimum Gasteiger partial charge on any atom is -0.393 e. The molecule has 0 spiro atoms. The first-order valence-electron chi connectivity index (χ1n) is 6.65. The lowest BCUT2D eigenvalue weighted by Crippen LogP contribution is -2.35. The number of amides is 1. The number of hydrogen-bond acceptors (Lipinski definition) is 2. The number of aliphatic hydroxyl groups is 1. The summed E-state index contributed by atoms with van der Waals surface area (Å²) < 4.78 is 37.3. The lowest BCUT2D eigenvalue weighted by atomic mass is 9.87. The molecule has 1 aromatic carbocycles. The molecule has 1 aromatic rings. The second kappa shape index (κ2) is 6.47. The molecule has 6 heteroatoms. The van der Waals surface area contributed by atoms with Gasteiger partial charge < -0.3 is 10.4 Å². The van der Waals surface area contributed by atoms with Gasteiger partial charge in [-0.15, -0.1) is 0 Å². The largest absolute Gasteiger partial charge is 0.416 e. The topological polar surface area (TPSA) is 49.3 Å². The van der Waals surface area contributed by atoms with Gasteiger partial charge in [0.1, 0.15) is 0 Å². The number of rotatable bonds is 5. The Kier molecular flexibility index (Phi) is 5.39. The van der Waals surface area contributed by atoms with Crippen molar-refractivity contribution in [1.29, 1.82) is 0 Å². The first-order chi connectivity index (χ1) is 9.51. The number of aliphatic hydroxyl groups excluding tert-OH is 1. The molecule has 0 heterocycles. The smallest absolute Gasteiger partial charge is 0.393 e. The van der Waals surface area contributed by atoms with E-state index in [9.17, 15) is 23.1 Å². The van der Waals surface area contributed by atoms with Crippen LogP contribution in [-0.4, -0.2) is 23.7 Å². The van der Waals surface area contributed by atoms with Gasteiger partial charge in [-0.1, -0.05) is 13.8 Å². The van der Waals surface area contributed by atoms with Crippen molar-refractivity contribution >= 4 is 5.91 Å². The Hall–Kier alpha value is -1.56. The van der Waals surface area contributed by atoms with Crippen molar-refractivity contribution in [2.45, 2.75) is 39.5 Å². The summed E-state index contributed by atoms with van der Waals surface area (Å²) in [6, 6.07) is 4.07. The maximum absolute atomic E-state index is 12.4. The first kappa shape index (κ1) is 17.5. The van der Waals surface area contributed by atoms with Crippen LogP contribution in [0.1, 0.15) is 43.1 Å². The van der Waals surface area contributed by atoms with Crippen LogP contribution >= 0.6 is 0 Å². The molecule has 1 rings (SSSR count). The average molecular weight is 303 g/mol. The molecule has 0 bridgehead atoms. The molecule has 3 nitrogen and oxygen atoms in total. The van der Waals surface area contributed by atoms with Gasteiger partial charge in [-0.05, 0) is 43.0 Å². The standard InChI is InChI=1S/C15H20F3NO2/c1-10(20)8-14(2,3)9-19-13(21)11-4-6-12(7-5-11)15(16,17)18/h4-7,10,20H,8-9H2,1-3H3,(H,19,21). The Morgan fingerprint density at radius 1 is 1.24 bits per heavy atom. The van der Waals surface area contributed by atoms with Gasteiger partial charge in [-0.3, -0.25) is 4.79 Å². The summed E-state index contributed by atoms with van der Waals surface area (Å²) in [5.74, 6) is -0.428. The summed E-state index contributed by atoms with van der Waals surface area (Å²) in [5, 5.41) is 12.0. The monoisotopic (exact) mass is 303 g/mol. The van der Waals surface area contributed by atoms with Crippen molar-refractivity contribution in [2.75, 3.05) is 6.54 Å². The molecule has 0 aromatic heterocycles. The van der Waals surface area contributed by atoms with Crippen molar-refractivity contribution in [3.05, 3.63) is 35.4 Å². The van der Waals surface area contributed by atoms with Crippen LogP contribution in [0, 0.1) is 5.41 Å².